The molecule has 1 aliphatic heterocycles. The second-order valence-corrected chi connectivity index (χ2v) is 4.72. The number of halogens is 3. The fourth-order valence-corrected chi connectivity index (χ4v) is 1.92. The molecular weight excluding hydrogens is 297 g/mol. The van der Waals surface area contributed by atoms with Gasteiger partial charge >= 0.3 is 12.1 Å². The van der Waals surface area contributed by atoms with E-state index in [0.717, 1.165) is 0 Å². The molecule has 3 N–H and O–H groups in total. The molecule has 1 heterocycles. The number of aliphatic hydroxyl groups is 1. The zero-order valence-corrected chi connectivity index (χ0v) is 10.9. The molecular formula is C11H15F3N2O5. The van der Waals surface area contributed by atoms with E-state index in [9.17, 15) is 27.6 Å². The summed E-state index contributed by atoms with van der Waals surface area (Å²) in [5, 5.41) is 19.7. The third kappa shape index (κ3) is 5.58. The minimum atomic E-state index is -4.52. The monoisotopic (exact) mass is 312 g/mol. The number of likely N-dealkylation sites (tertiary alicyclic amines) is 1. The van der Waals surface area contributed by atoms with Gasteiger partial charge in [-0.3, -0.25) is 9.59 Å². The van der Waals surface area contributed by atoms with Crippen LogP contribution in [-0.2, 0) is 14.4 Å². The molecule has 7 nitrogen and oxygen atoms in total. The molecule has 10 heteroatoms. The molecule has 1 aliphatic rings. The minimum Gasteiger partial charge on any atom is -0.479 e. The number of nitrogens with one attached hydrogen (secondary N) is 1. The smallest absolute Gasteiger partial charge is 0.406 e. The largest absolute Gasteiger partial charge is 0.479 e. The molecule has 0 aromatic heterocycles. The number of rotatable bonds is 6. The molecule has 0 aliphatic carbocycles. The number of alkyl halides is 3. The molecule has 21 heavy (non-hydrogen) atoms. The SMILES string of the molecule is O=C(NCC[C@H](O)C(=O)O)C1CC(=O)N(CC(F)(F)F)C1. The van der Waals surface area contributed by atoms with Gasteiger partial charge in [-0.15, -0.1) is 0 Å². The van der Waals surface area contributed by atoms with Gasteiger partial charge in [-0.25, -0.2) is 4.79 Å². The van der Waals surface area contributed by atoms with Crippen molar-refractivity contribution in [2.24, 2.45) is 5.92 Å². The van der Waals surface area contributed by atoms with Crippen LogP contribution in [0.5, 0.6) is 0 Å². The van der Waals surface area contributed by atoms with Gasteiger partial charge in [0.1, 0.15) is 6.54 Å². The Labute approximate surface area is 117 Å². The van der Waals surface area contributed by atoms with E-state index < -0.39 is 42.5 Å². The molecule has 1 rings (SSSR count). The average molecular weight is 312 g/mol. The minimum absolute atomic E-state index is 0.143. The van der Waals surface area contributed by atoms with Crippen molar-refractivity contribution in [3.63, 3.8) is 0 Å². The lowest BCUT2D eigenvalue weighted by molar-refractivity contribution is -0.157. The molecule has 0 aromatic carbocycles. The molecule has 2 atom stereocenters. The Morgan fingerprint density at radius 1 is 1.43 bits per heavy atom. The number of carboxylic acids is 1. The molecule has 120 valence electrons. The summed E-state index contributed by atoms with van der Waals surface area (Å²) < 4.78 is 36.6. The number of aliphatic carboxylic acids is 1. The van der Waals surface area contributed by atoms with E-state index in [-0.39, 0.29) is 25.9 Å². The highest BCUT2D eigenvalue weighted by Crippen LogP contribution is 2.23. The van der Waals surface area contributed by atoms with Gasteiger partial charge in [0.05, 0.1) is 5.92 Å². The molecule has 0 radical (unpaired) electrons. The number of carbonyl (C=O) groups excluding carboxylic acids is 2. The Kier molecular flexibility index (Phi) is 5.53. The summed E-state index contributed by atoms with van der Waals surface area (Å²) in [6.45, 7) is -1.87. The van der Waals surface area contributed by atoms with Crippen molar-refractivity contribution in [2.75, 3.05) is 19.6 Å². The highest BCUT2D eigenvalue weighted by atomic mass is 19.4. The van der Waals surface area contributed by atoms with Crippen LogP contribution in [0.25, 0.3) is 0 Å². The van der Waals surface area contributed by atoms with Crippen LogP contribution in [0.1, 0.15) is 12.8 Å². The lowest BCUT2D eigenvalue weighted by Gasteiger charge is -2.18. The summed E-state index contributed by atoms with van der Waals surface area (Å²) in [7, 11) is 0. The van der Waals surface area contributed by atoms with Gasteiger partial charge in [0.15, 0.2) is 6.10 Å². The van der Waals surface area contributed by atoms with Crippen LogP contribution >= 0.6 is 0 Å². The van der Waals surface area contributed by atoms with Gasteiger partial charge in [0.25, 0.3) is 0 Å². The second kappa shape index (κ2) is 6.74. The van der Waals surface area contributed by atoms with E-state index in [1.54, 1.807) is 0 Å². The maximum atomic E-state index is 12.2. The number of carboxylic acid groups (broad SMARTS) is 1. The Balaban J connectivity index is 2.40. The van der Waals surface area contributed by atoms with Gasteiger partial charge in [0, 0.05) is 25.9 Å². The zero-order chi connectivity index (χ0) is 16.2. The lowest BCUT2D eigenvalue weighted by atomic mass is 10.1. The van der Waals surface area contributed by atoms with Crippen molar-refractivity contribution < 1.29 is 37.8 Å². The fraction of sp³-hybridized carbons (Fsp3) is 0.727. The first kappa shape index (κ1) is 17.2. The summed E-state index contributed by atoms with van der Waals surface area (Å²) >= 11 is 0. The van der Waals surface area contributed by atoms with Crippen LogP contribution in [0, 0.1) is 5.92 Å². The van der Waals surface area contributed by atoms with E-state index in [1.807, 2.05) is 0 Å². The fourth-order valence-electron chi connectivity index (χ4n) is 1.92. The summed E-state index contributed by atoms with van der Waals surface area (Å²) in [5.41, 5.74) is 0. The highest BCUT2D eigenvalue weighted by Gasteiger charge is 2.40. The predicted octanol–water partition coefficient (Wildman–Crippen LogP) is -0.651. The topological polar surface area (TPSA) is 107 Å². The molecule has 0 aromatic rings. The first-order valence-electron chi connectivity index (χ1n) is 6.13. The Hall–Kier alpha value is -1.84. The summed E-state index contributed by atoms with van der Waals surface area (Å²) in [5.74, 6) is -3.72. The second-order valence-electron chi connectivity index (χ2n) is 4.72. The van der Waals surface area contributed by atoms with Crippen LogP contribution in [0.3, 0.4) is 0 Å². The van der Waals surface area contributed by atoms with E-state index in [0.29, 0.717) is 4.90 Å². The Bertz CT molecular complexity index is 427. The molecule has 0 bridgehead atoms. The molecule has 2 amide bonds. The van der Waals surface area contributed by atoms with Crippen molar-refractivity contribution in [1.82, 2.24) is 10.2 Å². The molecule has 0 spiro atoms. The number of amides is 2. The van der Waals surface area contributed by atoms with Crippen molar-refractivity contribution in [3.05, 3.63) is 0 Å². The Morgan fingerprint density at radius 3 is 2.57 bits per heavy atom. The lowest BCUT2D eigenvalue weighted by Crippen LogP contribution is -2.38. The quantitative estimate of drug-likeness (QED) is 0.604. The maximum Gasteiger partial charge on any atom is 0.406 e. The number of nitrogens with zero attached hydrogens (tertiary/aromatic N) is 1. The van der Waals surface area contributed by atoms with E-state index in [4.69, 9.17) is 10.2 Å². The van der Waals surface area contributed by atoms with Gasteiger partial charge < -0.3 is 20.4 Å². The molecule has 1 saturated heterocycles. The van der Waals surface area contributed by atoms with Crippen molar-refractivity contribution >= 4 is 17.8 Å². The maximum absolute atomic E-state index is 12.2. The summed E-state index contributed by atoms with van der Waals surface area (Å²) in [6.07, 6.45) is -6.69. The van der Waals surface area contributed by atoms with Crippen LogP contribution in [-0.4, -0.2) is 64.8 Å². The van der Waals surface area contributed by atoms with E-state index in [2.05, 4.69) is 5.32 Å². The van der Waals surface area contributed by atoms with Gasteiger partial charge in [0.2, 0.25) is 11.8 Å². The van der Waals surface area contributed by atoms with Crippen LogP contribution in [0.15, 0.2) is 0 Å². The molecule has 0 saturated carbocycles. The van der Waals surface area contributed by atoms with E-state index in [1.165, 1.54) is 0 Å². The van der Waals surface area contributed by atoms with Crippen LogP contribution < -0.4 is 5.32 Å². The van der Waals surface area contributed by atoms with Gasteiger partial charge in [-0.05, 0) is 0 Å². The van der Waals surface area contributed by atoms with Crippen molar-refractivity contribution in [3.8, 4) is 0 Å². The summed E-state index contributed by atoms with van der Waals surface area (Å²) in [6, 6.07) is 0. The summed E-state index contributed by atoms with van der Waals surface area (Å²) in [4.78, 5) is 33.9. The van der Waals surface area contributed by atoms with Gasteiger partial charge in [-0.2, -0.15) is 13.2 Å². The zero-order valence-electron chi connectivity index (χ0n) is 10.9. The van der Waals surface area contributed by atoms with Crippen LogP contribution in [0.4, 0.5) is 13.2 Å². The number of hydrogen-bond acceptors (Lipinski definition) is 4. The van der Waals surface area contributed by atoms with Crippen molar-refractivity contribution in [2.45, 2.75) is 25.1 Å². The first-order chi connectivity index (χ1) is 9.60. The van der Waals surface area contributed by atoms with Crippen molar-refractivity contribution in [1.29, 1.82) is 0 Å². The molecule has 1 unspecified atom stereocenters. The highest BCUT2D eigenvalue weighted by molar-refractivity contribution is 5.89. The van der Waals surface area contributed by atoms with E-state index >= 15 is 0 Å². The average Bonchev–Trinajstić information content (AvgIpc) is 2.68. The number of hydrogen-bond donors (Lipinski definition) is 3. The third-order valence-corrected chi connectivity index (χ3v) is 2.96. The first-order valence-corrected chi connectivity index (χ1v) is 6.13. The number of aliphatic hydroxyl groups excluding tert-OH is 1. The Morgan fingerprint density at radius 2 is 2.05 bits per heavy atom. The number of carbonyl (C=O) groups is 3. The predicted molar refractivity (Wildman–Crippen MR) is 62.0 cm³/mol. The standard InChI is InChI=1S/C11H15F3N2O5/c12-11(13,14)5-16-4-6(3-8(16)18)9(19)15-2-1-7(17)10(20)21/h6-7,17H,1-5H2,(H,15,19)(H,20,21)/t6?,7-/m0/s1. The normalized spacial score (nSPS) is 20.5. The molecule has 1 fully saturated rings. The van der Waals surface area contributed by atoms with Gasteiger partial charge in [-0.1, -0.05) is 0 Å². The third-order valence-electron chi connectivity index (χ3n) is 2.96. The van der Waals surface area contributed by atoms with Crippen LogP contribution in [0.2, 0.25) is 0 Å².